The van der Waals surface area contributed by atoms with E-state index in [4.69, 9.17) is 23.2 Å². The van der Waals surface area contributed by atoms with Crippen molar-refractivity contribution in [2.75, 3.05) is 5.32 Å². The summed E-state index contributed by atoms with van der Waals surface area (Å²) in [5, 5.41) is 10.5. The summed E-state index contributed by atoms with van der Waals surface area (Å²) >= 11 is 11.8. The van der Waals surface area contributed by atoms with Crippen LogP contribution in [-0.2, 0) is 6.54 Å². The van der Waals surface area contributed by atoms with Gasteiger partial charge in [0.15, 0.2) is 5.82 Å². The van der Waals surface area contributed by atoms with E-state index in [0.717, 1.165) is 5.56 Å². The second-order valence-corrected chi connectivity index (χ2v) is 5.22. The molecular weight excluding hydrogens is 328 g/mol. The molecule has 2 aromatic heterocycles. The van der Waals surface area contributed by atoms with E-state index in [1.807, 2.05) is 0 Å². The number of halogens is 3. The third-order valence-electron chi connectivity index (χ3n) is 2.96. The molecule has 0 spiro atoms. The zero-order valence-electron chi connectivity index (χ0n) is 11.1. The molecule has 2 heterocycles. The Bertz CT molecular complexity index is 785. The maximum absolute atomic E-state index is 13.7. The molecule has 112 valence electrons. The summed E-state index contributed by atoms with van der Waals surface area (Å²) in [4.78, 5) is 8.16. The molecule has 8 heteroatoms. The van der Waals surface area contributed by atoms with Gasteiger partial charge < -0.3 is 5.32 Å². The van der Waals surface area contributed by atoms with Crippen molar-refractivity contribution in [2.45, 2.75) is 6.54 Å². The van der Waals surface area contributed by atoms with Crippen molar-refractivity contribution in [1.29, 1.82) is 0 Å². The van der Waals surface area contributed by atoms with E-state index in [-0.39, 0.29) is 12.4 Å². The van der Waals surface area contributed by atoms with Crippen LogP contribution in [0, 0.1) is 5.82 Å². The molecule has 0 aliphatic rings. The molecule has 2 N–H and O–H groups in total. The SMILES string of the molecule is Fc1cccc(Cl)c1CNc1nc(-c2ccnc(Cl)c2)n[nH]1. The van der Waals surface area contributed by atoms with Crippen molar-refractivity contribution in [3.05, 3.63) is 58.1 Å². The van der Waals surface area contributed by atoms with Crippen LogP contribution in [0.1, 0.15) is 5.56 Å². The highest BCUT2D eigenvalue weighted by atomic mass is 35.5. The summed E-state index contributed by atoms with van der Waals surface area (Å²) < 4.78 is 13.7. The maximum atomic E-state index is 13.7. The fourth-order valence-corrected chi connectivity index (χ4v) is 2.29. The van der Waals surface area contributed by atoms with E-state index in [9.17, 15) is 4.39 Å². The standard InChI is InChI=1S/C14H10Cl2FN5/c15-10-2-1-3-11(17)9(10)7-19-14-20-13(21-22-14)8-4-5-18-12(16)6-8/h1-6H,7H2,(H2,19,20,21,22). The van der Waals surface area contributed by atoms with Crippen LogP contribution in [0.25, 0.3) is 11.4 Å². The Morgan fingerprint density at radius 3 is 2.86 bits per heavy atom. The second kappa shape index (κ2) is 6.29. The van der Waals surface area contributed by atoms with Crippen molar-refractivity contribution < 1.29 is 4.39 Å². The molecule has 0 aliphatic heterocycles. The van der Waals surface area contributed by atoms with E-state index in [2.05, 4.69) is 25.5 Å². The van der Waals surface area contributed by atoms with Gasteiger partial charge >= 0.3 is 0 Å². The van der Waals surface area contributed by atoms with Crippen molar-refractivity contribution >= 4 is 29.2 Å². The minimum absolute atomic E-state index is 0.192. The van der Waals surface area contributed by atoms with Crippen LogP contribution in [0.3, 0.4) is 0 Å². The van der Waals surface area contributed by atoms with Crippen LogP contribution < -0.4 is 5.32 Å². The smallest absolute Gasteiger partial charge is 0.219 e. The summed E-state index contributed by atoms with van der Waals surface area (Å²) in [5.74, 6) is 0.495. The van der Waals surface area contributed by atoms with Gasteiger partial charge in [0, 0.05) is 28.9 Å². The van der Waals surface area contributed by atoms with Gasteiger partial charge in [-0.05, 0) is 24.3 Å². The van der Waals surface area contributed by atoms with Gasteiger partial charge in [0.2, 0.25) is 5.95 Å². The fraction of sp³-hybridized carbons (Fsp3) is 0.0714. The predicted octanol–water partition coefficient (Wildman–Crippen LogP) is 3.92. The maximum Gasteiger partial charge on any atom is 0.219 e. The molecule has 0 amide bonds. The Morgan fingerprint density at radius 2 is 2.09 bits per heavy atom. The average Bonchev–Trinajstić information content (AvgIpc) is 2.96. The van der Waals surface area contributed by atoms with Crippen LogP contribution in [0.15, 0.2) is 36.5 Å². The lowest BCUT2D eigenvalue weighted by molar-refractivity contribution is 0.613. The summed E-state index contributed by atoms with van der Waals surface area (Å²) in [7, 11) is 0. The molecule has 0 aliphatic carbocycles. The van der Waals surface area contributed by atoms with Crippen molar-refractivity contribution in [1.82, 2.24) is 20.2 Å². The van der Waals surface area contributed by atoms with Crippen molar-refractivity contribution in [3.8, 4) is 11.4 Å². The van der Waals surface area contributed by atoms with E-state index in [1.54, 1.807) is 30.5 Å². The van der Waals surface area contributed by atoms with E-state index < -0.39 is 0 Å². The normalized spacial score (nSPS) is 10.7. The summed E-state index contributed by atoms with van der Waals surface area (Å²) in [5.41, 5.74) is 1.10. The first-order valence-corrected chi connectivity index (χ1v) is 7.10. The number of anilines is 1. The third-order valence-corrected chi connectivity index (χ3v) is 3.53. The van der Waals surface area contributed by atoms with Gasteiger partial charge in [0.25, 0.3) is 0 Å². The molecular formula is C14H10Cl2FN5. The lowest BCUT2D eigenvalue weighted by atomic mass is 10.2. The highest BCUT2D eigenvalue weighted by Gasteiger charge is 2.09. The number of pyridine rings is 1. The topological polar surface area (TPSA) is 66.5 Å². The molecule has 3 rings (SSSR count). The predicted molar refractivity (Wildman–Crippen MR) is 83.4 cm³/mol. The molecule has 0 unspecified atom stereocenters. The zero-order valence-corrected chi connectivity index (χ0v) is 12.7. The molecule has 0 atom stereocenters. The van der Waals surface area contributed by atoms with Gasteiger partial charge in [-0.15, -0.1) is 0 Å². The number of benzene rings is 1. The minimum atomic E-state index is -0.374. The van der Waals surface area contributed by atoms with Crippen molar-refractivity contribution in [2.24, 2.45) is 0 Å². The van der Waals surface area contributed by atoms with Gasteiger partial charge in [0.05, 0.1) is 0 Å². The van der Waals surface area contributed by atoms with E-state index >= 15 is 0 Å². The molecule has 3 aromatic rings. The third kappa shape index (κ3) is 3.18. The molecule has 22 heavy (non-hydrogen) atoms. The number of H-pyrrole nitrogens is 1. The molecule has 1 aromatic carbocycles. The number of nitrogens with zero attached hydrogens (tertiary/aromatic N) is 3. The number of rotatable bonds is 4. The Kier molecular flexibility index (Phi) is 4.22. The van der Waals surface area contributed by atoms with Gasteiger partial charge in [-0.25, -0.2) is 14.5 Å². The number of hydrogen-bond acceptors (Lipinski definition) is 4. The van der Waals surface area contributed by atoms with Gasteiger partial charge in [-0.1, -0.05) is 29.3 Å². The largest absolute Gasteiger partial charge is 0.350 e. The molecule has 0 fully saturated rings. The van der Waals surface area contributed by atoms with Gasteiger partial charge in [0.1, 0.15) is 11.0 Å². The van der Waals surface area contributed by atoms with Crippen LogP contribution in [0.5, 0.6) is 0 Å². The molecule has 0 saturated carbocycles. The fourth-order valence-electron chi connectivity index (χ4n) is 1.88. The Balaban J connectivity index is 1.75. The van der Waals surface area contributed by atoms with Crippen LogP contribution in [0.4, 0.5) is 10.3 Å². The summed E-state index contributed by atoms with van der Waals surface area (Å²) in [6, 6.07) is 7.94. The molecule has 0 saturated heterocycles. The van der Waals surface area contributed by atoms with Gasteiger partial charge in [-0.3, -0.25) is 0 Å². The highest BCUT2D eigenvalue weighted by Crippen LogP contribution is 2.21. The molecule has 0 bridgehead atoms. The summed E-state index contributed by atoms with van der Waals surface area (Å²) in [6.07, 6.45) is 1.57. The van der Waals surface area contributed by atoms with Crippen LogP contribution >= 0.6 is 23.2 Å². The number of hydrogen-bond donors (Lipinski definition) is 2. The number of aromatic nitrogens is 4. The number of nitrogens with one attached hydrogen (secondary N) is 2. The van der Waals surface area contributed by atoms with Gasteiger partial charge in [-0.2, -0.15) is 10.1 Å². The van der Waals surface area contributed by atoms with E-state index in [1.165, 1.54) is 6.07 Å². The first-order chi connectivity index (χ1) is 10.6. The minimum Gasteiger partial charge on any atom is -0.350 e. The summed E-state index contributed by atoms with van der Waals surface area (Å²) in [6.45, 7) is 0.192. The highest BCUT2D eigenvalue weighted by molar-refractivity contribution is 6.31. The average molecular weight is 338 g/mol. The lowest BCUT2D eigenvalue weighted by Crippen LogP contribution is -2.03. The lowest BCUT2D eigenvalue weighted by Gasteiger charge is -2.06. The van der Waals surface area contributed by atoms with E-state index in [0.29, 0.717) is 27.5 Å². The molecule has 0 radical (unpaired) electrons. The Labute approximate surface area is 135 Å². The van der Waals surface area contributed by atoms with Crippen molar-refractivity contribution in [3.63, 3.8) is 0 Å². The monoisotopic (exact) mass is 337 g/mol. The number of aromatic amines is 1. The van der Waals surface area contributed by atoms with Crippen LogP contribution in [-0.4, -0.2) is 20.2 Å². The first-order valence-electron chi connectivity index (χ1n) is 6.34. The van der Waals surface area contributed by atoms with Crippen LogP contribution in [0.2, 0.25) is 10.2 Å². The Morgan fingerprint density at radius 1 is 1.23 bits per heavy atom. The quantitative estimate of drug-likeness (QED) is 0.708. The zero-order chi connectivity index (χ0) is 15.5. The first kappa shape index (κ1) is 14.7. The molecule has 5 nitrogen and oxygen atoms in total. The Hall–Kier alpha value is -2.18. The second-order valence-electron chi connectivity index (χ2n) is 4.43.